The van der Waals surface area contributed by atoms with Crippen molar-refractivity contribution in [1.82, 2.24) is 9.29 Å². The zero-order valence-electron chi connectivity index (χ0n) is 14.2. The molecule has 0 atom stereocenters. The SMILES string of the molecule is Cc1cc(C)c2nc(NC(=O)CN(C)S(=O)(=O)c3ccc(Cl)s3)sc2c1. The number of benzene rings is 1. The van der Waals surface area contributed by atoms with Gasteiger partial charge in [0.1, 0.15) is 4.21 Å². The van der Waals surface area contributed by atoms with Gasteiger partial charge < -0.3 is 5.32 Å². The minimum atomic E-state index is -3.75. The molecule has 2 heterocycles. The number of amides is 1. The molecule has 0 saturated heterocycles. The van der Waals surface area contributed by atoms with E-state index in [9.17, 15) is 13.2 Å². The molecule has 138 valence electrons. The summed E-state index contributed by atoms with van der Waals surface area (Å²) in [6.45, 7) is 3.65. The van der Waals surface area contributed by atoms with E-state index in [2.05, 4.69) is 10.3 Å². The fourth-order valence-corrected chi connectivity index (χ4v) is 6.34. The van der Waals surface area contributed by atoms with Gasteiger partial charge in [0.05, 0.1) is 21.1 Å². The molecule has 10 heteroatoms. The molecule has 0 fully saturated rings. The van der Waals surface area contributed by atoms with Crippen LogP contribution in [-0.2, 0) is 14.8 Å². The second kappa shape index (κ2) is 7.24. The Balaban J connectivity index is 1.73. The molecule has 3 rings (SSSR count). The maximum absolute atomic E-state index is 12.4. The van der Waals surface area contributed by atoms with Crippen LogP contribution in [-0.4, -0.2) is 37.2 Å². The first-order valence-corrected chi connectivity index (χ1v) is 11.0. The first-order valence-electron chi connectivity index (χ1n) is 7.56. The molecule has 0 aliphatic carbocycles. The van der Waals surface area contributed by atoms with Crippen LogP contribution in [0.15, 0.2) is 28.5 Å². The number of rotatable bonds is 5. The Morgan fingerprint density at radius 1 is 1.27 bits per heavy atom. The lowest BCUT2D eigenvalue weighted by Gasteiger charge is -2.14. The molecule has 2 aromatic heterocycles. The lowest BCUT2D eigenvalue weighted by Crippen LogP contribution is -2.34. The third-order valence-electron chi connectivity index (χ3n) is 3.66. The van der Waals surface area contributed by atoms with Crippen LogP contribution in [0.2, 0.25) is 4.34 Å². The minimum Gasteiger partial charge on any atom is -0.301 e. The van der Waals surface area contributed by atoms with Crippen molar-refractivity contribution in [3.8, 4) is 0 Å². The number of thiazole rings is 1. The zero-order valence-corrected chi connectivity index (χ0v) is 17.4. The van der Waals surface area contributed by atoms with E-state index in [1.54, 1.807) is 0 Å². The van der Waals surface area contributed by atoms with Gasteiger partial charge in [-0.05, 0) is 43.2 Å². The highest BCUT2D eigenvalue weighted by Gasteiger charge is 2.25. The summed E-state index contributed by atoms with van der Waals surface area (Å²) in [6, 6.07) is 6.97. The number of halogens is 1. The lowest BCUT2D eigenvalue weighted by atomic mass is 10.1. The number of carbonyl (C=O) groups is 1. The fourth-order valence-electron chi connectivity index (χ4n) is 2.46. The zero-order chi connectivity index (χ0) is 19.1. The van der Waals surface area contributed by atoms with Crippen LogP contribution in [0.4, 0.5) is 5.13 Å². The quantitative estimate of drug-likeness (QED) is 0.667. The molecule has 1 N–H and O–H groups in total. The maximum atomic E-state index is 12.4. The van der Waals surface area contributed by atoms with Gasteiger partial charge in [0.25, 0.3) is 10.0 Å². The Bertz CT molecular complexity index is 1090. The number of likely N-dealkylation sites (N-methyl/N-ethyl adjacent to an activating group) is 1. The molecule has 0 aliphatic heterocycles. The maximum Gasteiger partial charge on any atom is 0.252 e. The normalized spacial score (nSPS) is 12.0. The van der Waals surface area contributed by atoms with Gasteiger partial charge in [-0.1, -0.05) is 29.0 Å². The van der Waals surface area contributed by atoms with Crippen LogP contribution in [0.1, 0.15) is 11.1 Å². The van der Waals surface area contributed by atoms with E-state index in [1.807, 2.05) is 26.0 Å². The highest BCUT2D eigenvalue weighted by Crippen LogP contribution is 2.30. The monoisotopic (exact) mass is 429 g/mol. The summed E-state index contributed by atoms with van der Waals surface area (Å²) >= 11 is 8.11. The van der Waals surface area contributed by atoms with E-state index in [4.69, 9.17) is 11.6 Å². The Kier molecular flexibility index (Phi) is 5.36. The van der Waals surface area contributed by atoms with Crippen molar-refractivity contribution in [3.63, 3.8) is 0 Å². The van der Waals surface area contributed by atoms with Gasteiger partial charge in [-0.15, -0.1) is 11.3 Å². The Morgan fingerprint density at radius 3 is 2.65 bits per heavy atom. The number of hydrogen-bond donors (Lipinski definition) is 1. The van der Waals surface area contributed by atoms with Crippen LogP contribution >= 0.6 is 34.3 Å². The second-order valence-electron chi connectivity index (χ2n) is 5.82. The summed E-state index contributed by atoms with van der Waals surface area (Å²) < 4.78 is 27.3. The van der Waals surface area contributed by atoms with E-state index in [0.29, 0.717) is 9.47 Å². The van der Waals surface area contributed by atoms with Gasteiger partial charge in [-0.3, -0.25) is 4.79 Å². The van der Waals surface area contributed by atoms with Gasteiger partial charge in [-0.25, -0.2) is 13.4 Å². The number of sulfonamides is 1. The summed E-state index contributed by atoms with van der Waals surface area (Å²) in [5, 5.41) is 3.13. The Hall–Kier alpha value is -1.52. The third kappa shape index (κ3) is 3.91. The number of hydrogen-bond acceptors (Lipinski definition) is 6. The number of aromatic nitrogens is 1. The molecule has 0 saturated carbocycles. The van der Waals surface area contributed by atoms with Crippen LogP contribution in [0, 0.1) is 13.8 Å². The standard InChI is InChI=1S/C16H16ClN3O3S3/c1-9-6-10(2)15-11(7-9)24-16(19-15)18-13(21)8-20(3)26(22,23)14-5-4-12(17)25-14/h4-7H,8H2,1-3H3,(H,18,19,21). The van der Waals surface area contributed by atoms with Gasteiger partial charge >= 0.3 is 0 Å². The average molecular weight is 430 g/mol. The third-order valence-corrected chi connectivity index (χ3v) is 8.08. The van der Waals surface area contributed by atoms with Gasteiger partial charge in [0.15, 0.2) is 5.13 Å². The Labute approximate surface area is 164 Å². The van der Waals surface area contributed by atoms with Crippen LogP contribution in [0.5, 0.6) is 0 Å². The van der Waals surface area contributed by atoms with Gasteiger partial charge in [-0.2, -0.15) is 4.31 Å². The van der Waals surface area contributed by atoms with Crippen molar-refractivity contribution in [3.05, 3.63) is 39.7 Å². The fraction of sp³-hybridized carbons (Fsp3) is 0.250. The highest BCUT2D eigenvalue weighted by atomic mass is 35.5. The first kappa shape index (κ1) is 19.2. The molecule has 6 nitrogen and oxygen atoms in total. The predicted octanol–water partition coefficient (Wildman–Crippen LogP) is 3.89. The molecule has 3 aromatic rings. The number of carbonyl (C=O) groups excluding carboxylic acids is 1. The first-order chi connectivity index (χ1) is 12.2. The summed E-state index contributed by atoms with van der Waals surface area (Å²) in [5.74, 6) is -0.452. The lowest BCUT2D eigenvalue weighted by molar-refractivity contribution is -0.116. The number of anilines is 1. The van der Waals surface area contributed by atoms with Crippen LogP contribution < -0.4 is 5.32 Å². The highest BCUT2D eigenvalue weighted by molar-refractivity contribution is 7.91. The van der Waals surface area contributed by atoms with Crippen LogP contribution in [0.3, 0.4) is 0 Å². The van der Waals surface area contributed by atoms with E-state index in [1.165, 1.54) is 30.5 Å². The summed E-state index contributed by atoms with van der Waals surface area (Å²) in [7, 11) is -2.40. The van der Waals surface area contributed by atoms with Gasteiger partial charge in [0, 0.05) is 7.05 Å². The molecule has 0 bridgehead atoms. The molecule has 0 aliphatic rings. The molecule has 1 aromatic carbocycles. The molecular formula is C16H16ClN3O3S3. The number of fused-ring (bicyclic) bond motifs is 1. The minimum absolute atomic E-state index is 0.101. The molecular weight excluding hydrogens is 414 g/mol. The molecule has 0 radical (unpaired) electrons. The number of nitrogens with zero attached hydrogens (tertiary/aromatic N) is 2. The smallest absolute Gasteiger partial charge is 0.252 e. The number of aryl methyl sites for hydroxylation is 2. The number of thiophene rings is 1. The number of nitrogens with one attached hydrogen (secondary N) is 1. The van der Waals surface area contributed by atoms with E-state index >= 15 is 0 Å². The summed E-state index contributed by atoms with van der Waals surface area (Å²) in [5.41, 5.74) is 2.99. The van der Waals surface area contributed by atoms with Crippen molar-refractivity contribution < 1.29 is 13.2 Å². The molecule has 1 amide bonds. The summed E-state index contributed by atoms with van der Waals surface area (Å²) in [4.78, 5) is 16.7. The van der Waals surface area contributed by atoms with Crippen molar-refractivity contribution in [2.45, 2.75) is 18.1 Å². The largest absolute Gasteiger partial charge is 0.301 e. The van der Waals surface area contributed by atoms with Crippen molar-refractivity contribution in [1.29, 1.82) is 0 Å². The molecule has 0 unspecified atom stereocenters. The summed E-state index contributed by atoms with van der Waals surface area (Å²) in [6.07, 6.45) is 0. The van der Waals surface area contributed by atoms with E-state index in [0.717, 1.165) is 37.0 Å². The molecule has 0 spiro atoms. The Morgan fingerprint density at radius 2 is 2.00 bits per heavy atom. The average Bonchev–Trinajstić information content (AvgIpc) is 3.13. The van der Waals surface area contributed by atoms with Gasteiger partial charge in [0.2, 0.25) is 5.91 Å². The van der Waals surface area contributed by atoms with Crippen molar-refractivity contribution in [2.75, 3.05) is 18.9 Å². The predicted molar refractivity (Wildman–Crippen MR) is 107 cm³/mol. The van der Waals surface area contributed by atoms with E-state index in [-0.39, 0.29) is 10.8 Å². The molecule has 26 heavy (non-hydrogen) atoms. The second-order valence-corrected chi connectivity index (χ2v) is 10.8. The van der Waals surface area contributed by atoms with Crippen molar-refractivity contribution in [2.24, 2.45) is 0 Å². The topological polar surface area (TPSA) is 79.4 Å². The van der Waals surface area contributed by atoms with E-state index < -0.39 is 15.9 Å². The van der Waals surface area contributed by atoms with Crippen LogP contribution in [0.25, 0.3) is 10.2 Å². The van der Waals surface area contributed by atoms with Crippen molar-refractivity contribution >= 4 is 65.6 Å².